The van der Waals surface area contributed by atoms with Gasteiger partial charge in [0.05, 0.1) is 24.1 Å². The molecule has 0 aliphatic rings. The molecule has 0 fully saturated rings. The summed E-state index contributed by atoms with van der Waals surface area (Å²) < 4.78 is 6.71. The molecule has 3 aromatic rings. The second-order valence-electron chi connectivity index (χ2n) is 4.99. The van der Waals surface area contributed by atoms with Crippen molar-refractivity contribution in [1.29, 1.82) is 0 Å². The van der Waals surface area contributed by atoms with E-state index < -0.39 is 11.8 Å². The first kappa shape index (κ1) is 16.6. The van der Waals surface area contributed by atoms with E-state index in [-0.39, 0.29) is 10.7 Å². The smallest absolute Gasteiger partial charge is 0.379 e. The fourth-order valence-electron chi connectivity index (χ4n) is 2.32. The number of hydrogen-bond donors (Lipinski definition) is 0. The minimum Gasteiger partial charge on any atom is -0.463 e. The van der Waals surface area contributed by atoms with Crippen molar-refractivity contribution in [3.05, 3.63) is 51.2 Å². The van der Waals surface area contributed by atoms with Crippen molar-refractivity contribution in [1.82, 2.24) is 14.6 Å². The Balaban J connectivity index is 2.19. The summed E-state index contributed by atoms with van der Waals surface area (Å²) in [5, 5.41) is 4.41. The molecule has 3 rings (SSSR count). The number of halogens is 2. The van der Waals surface area contributed by atoms with Gasteiger partial charge in [0.2, 0.25) is 0 Å². The summed E-state index contributed by atoms with van der Waals surface area (Å²) in [7, 11) is 1.13. The molecule has 0 spiro atoms. The Morgan fingerprint density at radius 1 is 1.29 bits per heavy atom. The van der Waals surface area contributed by atoms with Crippen LogP contribution in [0.5, 0.6) is 0 Å². The number of hydrogen-bond acceptors (Lipinski definition) is 5. The van der Waals surface area contributed by atoms with Crippen molar-refractivity contribution in [3.63, 3.8) is 0 Å². The number of rotatable bonds is 3. The molecule has 0 aliphatic heterocycles. The molecule has 0 unspecified atom stereocenters. The molecule has 6 nitrogen and oxygen atoms in total. The van der Waals surface area contributed by atoms with E-state index in [2.05, 4.69) is 30.7 Å². The second kappa shape index (κ2) is 6.33. The van der Waals surface area contributed by atoms with Crippen LogP contribution in [0.4, 0.5) is 0 Å². The Labute approximate surface area is 150 Å². The first-order valence-corrected chi connectivity index (χ1v) is 8.04. The zero-order chi connectivity index (χ0) is 17.4. The predicted octanol–water partition coefficient (Wildman–Crippen LogP) is 3.48. The predicted molar refractivity (Wildman–Crippen MR) is 92.2 cm³/mol. The van der Waals surface area contributed by atoms with Crippen LogP contribution >= 0.6 is 27.5 Å². The number of benzene rings is 1. The van der Waals surface area contributed by atoms with Gasteiger partial charge in [-0.25, -0.2) is 14.3 Å². The highest BCUT2D eigenvalue weighted by Gasteiger charge is 2.25. The van der Waals surface area contributed by atoms with Gasteiger partial charge in [-0.2, -0.15) is 5.10 Å². The summed E-state index contributed by atoms with van der Waals surface area (Å²) in [6.45, 7) is 1.60. The van der Waals surface area contributed by atoms with Crippen LogP contribution in [0.2, 0.25) is 5.15 Å². The number of esters is 1. The summed E-state index contributed by atoms with van der Waals surface area (Å²) >= 11 is 9.71. The Hall–Kier alpha value is -2.25. The van der Waals surface area contributed by atoms with Crippen LogP contribution in [-0.2, 0) is 9.53 Å². The van der Waals surface area contributed by atoms with Gasteiger partial charge in [-0.05, 0) is 19.1 Å². The lowest BCUT2D eigenvalue weighted by Crippen LogP contribution is -2.19. The Morgan fingerprint density at radius 3 is 2.71 bits per heavy atom. The lowest BCUT2D eigenvalue weighted by atomic mass is 10.1. The third-order valence-electron chi connectivity index (χ3n) is 3.45. The monoisotopic (exact) mass is 407 g/mol. The van der Waals surface area contributed by atoms with Crippen molar-refractivity contribution in [2.24, 2.45) is 0 Å². The maximum absolute atomic E-state index is 12.1. The van der Waals surface area contributed by atoms with Gasteiger partial charge in [0, 0.05) is 16.1 Å². The van der Waals surface area contributed by atoms with E-state index in [1.54, 1.807) is 13.0 Å². The number of carbonyl (C=O) groups is 2. The summed E-state index contributed by atoms with van der Waals surface area (Å²) in [5.74, 6) is -1.85. The average molecular weight is 409 g/mol. The zero-order valence-electron chi connectivity index (χ0n) is 12.7. The van der Waals surface area contributed by atoms with E-state index in [1.165, 1.54) is 4.52 Å². The van der Waals surface area contributed by atoms with Crippen LogP contribution < -0.4 is 0 Å². The van der Waals surface area contributed by atoms with Crippen LogP contribution in [0, 0.1) is 6.92 Å². The lowest BCUT2D eigenvalue weighted by Gasteiger charge is -2.07. The van der Waals surface area contributed by atoms with Gasteiger partial charge < -0.3 is 4.74 Å². The molecule has 0 aliphatic carbocycles. The molecule has 122 valence electrons. The highest BCUT2D eigenvalue weighted by atomic mass is 79.9. The summed E-state index contributed by atoms with van der Waals surface area (Å²) in [4.78, 5) is 28.0. The summed E-state index contributed by atoms with van der Waals surface area (Å²) in [6.07, 6.45) is 0. The fourth-order valence-corrected chi connectivity index (χ4v) is 3.07. The van der Waals surface area contributed by atoms with Crippen molar-refractivity contribution in [2.45, 2.75) is 6.92 Å². The first-order chi connectivity index (χ1) is 11.4. The Kier molecular flexibility index (Phi) is 4.38. The number of fused-ring (bicyclic) bond motifs is 1. The largest absolute Gasteiger partial charge is 0.463 e. The molecule has 2 aromatic heterocycles. The van der Waals surface area contributed by atoms with Crippen molar-refractivity contribution >= 4 is 44.9 Å². The molecular weight excluding hydrogens is 398 g/mol. The van der Waals surface area contributed by atoms with Gasteiger partial charge in [0.1, 0.15) is 5.15 Å². The van der Waals surface area contributed by atoms with E-state index in [0.29, 0.717) is 17.0 Å². The zero-order valence-corrected chi connectivity index (χ0v) is 15.1. The molecule has 0 amide bonds. The van der Waals surface area contributed by atoms with Gasteiger partial charge in [0.25, 0.3) is 5.78 Å². The van der Waals surface area contributed by atoms with E-state index >= 15 is 0 Å². The highest BCUT2D eigenvalue weighted by Crippen LogP contribution is 2.26. The molecule has 0 bridgehead atoms. The molecule has 1 aromatic carbocycles. The van der Waals surface area contributed by atoms with E-state index in [1.807, 2.05) is 24.3 Å². The third kappa shape index (κ3) is 2.81. The number of aryl methyl sites for hydroxylation is 1. The minimum absolute atomic E-state index is 0.0140. The lowest BCUT2D eigenvalue weighted by molar-refractivity contribution is -0.135. The van der Waals surface area contributed by atoms with E-state index in [0.717, 1.165) is 17.1 Å². The highest BCUT2D eigenvalue weighted by molar-refractivity contribution is 9.10. The number of carbonyl (C=O) groups excluding carboxylic acids is 2. The SMILES string of the molecule is COC(=O)C(=O)c1c(C)nc2cc(-c3cccc(Br)c3)nn2c1Cl. The molecule has 0 atom stereocenters. The number of nitrogens with zero attached hydrogens (tertiary/aromatic N) is 3. The maximum Gasteiger partial charge on any atom is 0.379 e. The van der Waals surface area contributed by atoms with Gasteiger partial charge in [-0.1, -0.05) is 39.7 Å². The standard InChI is InChI=1S/C16H11BrClN3O3/c1-8-13(14(22)16(23)24-2)15(18)21-12(19-8)7-11(20-21)9-4-3-5-10(17)6-9/h3-7H,1-2H3. The Morgan fingerprint density at radius 2 is 2.04 bits per heavy atom. The number of aromatic nitrogens is 3. The number of methoxy groups -OCH3 is 1. The third-order valence-corrected chi connectivity index (χ3v) is 4.29. The number of Topliss-reactive ketones (excluding diaryl/α,β-unsaturated/α-hetero) is 1. The molecule has 0 radical (unpaired) electrons. The van der Waals surface area contributed by atoms with Gasteiger partial charge in [-0.3, -0.25) is 4.79 Å². The molecule has 0 saturated carbocycles. The topological polar surface area (TPSA) is 73.6 Å². The second-order valence-corrected chi connectivity index (χ2v) is 6.27. The van der Waals surface area contributed by atoms with Gasteiger partial charge in [0.15, 0.2) is 5.65 Å². The van der Waals surface area contributed by atoms with Crippen LogP contribution in [0.15, 0.2) is 34.8 Å². The quantitative estimate of drug-likeness (QED) is 0.287. The van der Waals surface area contributed by atoms with Crippen molar-refractivity contribution in [3.8, 4) is 11.3 Å². The van der Waals surface area contributed by atoms with Crippen LogP contribution in [0.25, 0.3) is 16.9 Å². The normalized spacial score (nSPS) is 10.8. The molecular formula is C16H11BrClN3O3. The van der Waals surface area contributed by atoms with E-state index in [9.17, 15) is 9.59 Å². The molecule has 8 heteroatoms. The van der Waals surface area contributed by atoms with Crippen LogP contribution in [0.1, 0.15) is 16.1 Å². The fraction of sp³-hybridized carbons (Fsp3) is 0.125. The van der Waals surface area contributed by atoms with E-state index in [4.69, 9.17) is 11.6 Å². The average Bonchev–Trinajstić information content (AvgIpc) is 2.98. The minimum atomic E-state index is -1.000. The number of ether oxygens (including phenoxy) is 1. The van der Waals surface area contributed by atoms with Crippen molar-refractivity contribution < 1.29 is 14.3 Å². The van der Waals surface area contributed by atoms with Crippen LogP contribution in [0.3, 0.4) is 0 Å². The molecule has 24 heavy (non-hydrogen) atoms. The Bertz CT molecular complexity index is 984. The van der Waals surface area contributed by atoms with Gasteiger partial charge >= 0.3 is 5.97 Å². The van der Waals surface area contributed by atoms with Gasteiger partial charge in [-0.15, -0.1) is 0 Å². The van der Waals surface area contributed by atoms with Crippen LogP contribution in [-0.4, -0.2) is 33.5 Å². The molecule has 0 saturated heterocycles. The number of ketones is 1. The van der Waals surface area contributed by atoms with Crippen molar-refractivity contribution in [2.75, 3.05) is 7.11 Å². The first-order valence-electron chi connectivity index (χ1n) is 6.87. The maximum atomic E-state index is 12.1. The summed E-state index contributed by atoms with van der Waals surface area (Å²) in [5.41, 5.74) is 2.31. The molecule has 0 N–H and O–H groups in total. The summed E-state index contributed by atoms with van der Waals surface area (Å²) in [6, 6.07) is 9.35. The molecule has 2 heterocycles.